The molecule has 6 heteroatoms. The Morgan fingerprint density at radius 2 is 1.57 bits per heavy atom. The Kier molecular flexibility index (Phi) is 5.88. The maximum Gasteiger partial charge on any atom is 0.278 e. The summed E-state index contributed by atoms with van der Waals surface area (Å²) in [6.07, 6.45) is 2.44. The van der Waals surface area contributed by atoms with Crippen LogP contribution in [0.4, 0.5) is 11.4 Å². The summed E-state index contributed by atoms with van der Waals surface area (Å²) in [6.45, 7) is 7.66. The van der Waals surface area contributed by atoms with E-state index in [1.54, 1.807) is 17.0 Å². The molecule has 2 aliphatic heterocycles. The number of nitro benzene ring substituents is 1. The van der Waals surface area contributed by atoms with Crippen LogP contribution in [0, 0.1) is 10.1 Å². The predicted molar refractivity (Wildman–Crippen MR) is 110 cm³/mol. The Morgan fingerprint density at radius 3 is 2.25 bits per heavy atom. The smallest absolute Gasteiger partial charge is 0.278 e. The van der Waals surface area contributed by atoms with Gasteiger partial charge in [-0.25, -0.2) is 0 Å². The predicted octanol–water partition coefficient (Wildman–Crippen LogP) is 0.547. The van der Waals surface area contributed by atoms with Crippen LogP contribution >= 0.6 is 0 Å². The van der Waals surface area contributed by atoms with Crippen LogP contribution in [0.25, 0.3) is 0 Å². The van der Waals surface area contributed by atoms with Gasteiger partial charge in [-0.1, -0.05) is 30.3 Å². The molecule has 0 amide bonds. The summed E-state index contributed by atoms with van der Waals surface area (Å²) in [5, 5.41) is 11.2. The lowest BCUT2D eigenvalue weighted by Crippen LogP contribution is -3.21. The molecule has 2 heterocycles. The molecule has 148 valence electrons. The van der Waals surface area contributed by atoms with Gasteiger partial charge in [-0.2, -0.15) is 0 Å². The van der Waals surface area contributed by atoms with Crippen molar-refractivity contribution in [2.24, 2.45) is 0 Å². The minimum absolute atomic E-state index is 0.252. The van der Waals surface area contributed by atoms with E-state index < -0.39 is 0 Å². The number of anilines is 1. The highest BCUT2D eigenvalue weighted by atomic mass is 16.6. The molecule has 2 aliphatic rings. The second-order valence-corrected chi connectivity index (χ2v) is 8.07. The summed E-state index contributed by atoms with van der Waals surface area (Å²) in [6, 6.07) is 18.6. The first-order chi connectivity index (χ1) is 13.7. The molecule has 0 unspecified atom stereocenters. The highest BCUT2D eigenvalue weighted by Gasteiger charge is 2.33. The van der Waals surface area contributed by atoms with Gasteiger partial charge in [-0.05, 0) is 18.2 Å². The summed E-state index contributed by atoms with van der Waals surface area (Å²) < 4.78 is 0. The molecule has 0 atom stereocenters. The summed E-state index contributed by atoms with van der Waals surface area (Å²) in [5.41, 5.74) is 2.47. The maximum atomic E-state index is 11.2. The number of nitro groups is 1. The van der Waals surface area contributed by atoms with Gasteiger partial charge in [0.1, 0.15) is 6.54 Å². The first-order valence-electron chi connectivity index (χ1n) is 10.4. The minimum Gasteiger partial charge on any atom is -0.360 e. The van der Waals surface area contributed by atoms with E-state index >= 15 is 0 Å². The van der Waals surface area contributed by atoms with Gasteiger partial charge in [0.05, 0.1) is 55.8 Å². The average molecular weight is 383 g/mol. The average Bonchev–Trinajstić information content (AvgIpc) is 2.75. The van der Waals surface area contributed by atoms with Crippen molar-refractivity contribution in [1.29, 1.82) is 0 Å². The van der Waals surface area contributed by atoms with E-state index in [1.165, 1.54) is 36.5 Å². The number of benzene rings is 2. The third-order valence-corrected chi connectivity index (χ3v) is 6.43. The van der Waals surface area contributed by atoms with Crippen molar-refractivity contribution in [2.75, 3.05) is 44.2 Å². The molecule has 0 bridgehead atoms. The van der Waals surface area contributed by atoms with Crippen molar-refractivity contribution in [3.63, 3.8) is 0 Å². The molecule has 0 saturated carbocycles. The Labute approximate surface area is 166 Å². The van der Waals surface area contributed by atoms with E-state index in [-0.39, 0.29) is 10.6 Å². The molecule has 0 spiro atoms. The first-order valence-corrected chi connectivity index (χ1v) is 10.4. The molecule has 4 rings (SSSR count). The number of nitrogens with zero attached hydrogens (tertiary/aromatic N) is 2. The quantitative estimate of drug-likeness (QED) is 0.587. The van der Waals surface area contributed by atoms with Crippen LogP contribution in [0.1, 0.15) is 18.4 Å². The molecule has 6 nitrogen and oxygen atoms in total. The van der Waals surface area contributed by atoms with Crippen LogP contribution < -0.4 is 14.7 Å². The van der Waals surface area contributed by atoms with Crippen molar-refractivity contribution in [2.45, 2.75) is 25.4 Å². The monoisotopic (exact) mass is 382 g/mol. The molecule has 0 aromatic heterocycles. The minimum atomic E-state index is -0.252. The fourth-order valence-electron chi connectivity index (χ4n) is 4.82. The van der Waals surface area contributed by atoms with Gasteiger partial charge < -0.3 is 14.7 Å². The van der Waals surface area contributed by atoms with Crippen LogP contribution in [0.15, 0.2) is 54.6 Å². The second-order valence-electron chi connectivity index (χ2n) is 8.07. The van der Waals surface area contributed by atoms with Crippen molar-refractivity contribution >= 4 is 11.4 Å². The topological polar surface area (TPSA) is 55.3 Å². The maximum absolute atomic E-state index is 11.2. The fourth-order valence-corrected chi connectivity index (χ4v) is 4.82. The van der Waals surface area contributed by atoms with E-state index in [1.807, 2.05) is 12.1 Å². The first kappa shape index (κ1) is 18.9. The molecule has 0 radical (unpaired) electrons. The SMILES string of the molecule is O=[N+]([O-])c1ccccc1C[NH+]1CCC([NH+]2CCN(c3ccccc3)CC2)CC1. The molecule has 0 aliphatic carbocycles. The fraction of sp³-hybridized carbons (Fsp3) is 0.455. The lowest BCUT2D eigenvalue weighted by molar-refractivity contribution is -0.963. The van der Waals surface area contributed by atoms with Crippen molar-refractivity contribution in [1.82, 2.24) is 0 Å². The summed E-state index contributed by atoms with van der Waals surface area (Å²) in [7, 11) is 0. The molecule has 28 heavy (non-hydrogen) atoms. The van der Waals surface area contributed by atoms with Gasteiger partial charge in [0.25, 0.3) is 5.69 Å². The molecular formula is C22H30N4O2+2. The number of rotatable bonds is 5. The van der Waals surface area contributed by atoms with Crippen LogP contribution in [0.5, 0.6) is 0 Å². The second kappa shape index (κ2) is 8.71. The third-order valence-electron chi connectivity index (χ3n) is 6.43. The van der Waals surface area contributed by atoms with E-state index in [4.69, 9.17) is 0 Å². The number of nitrogens with one attached hydrogen (secondary N) is 2. The number of piperazine rings is 1. The Morgan fingerprint density at radius 1 is 0.929 bits per heavy atom. The van der Waals surface area contributed by atoms with E-state index in [9.17, 15) is 10.1 Å². The van der Waals surface area contributed by atoms with Crippen LogP contribution in [-0.4, -0.2) is 50.2 Å². The lowest BCUT2D eigenvalue weighted by Gasteiger charge is -2.39. The highest BCUT2D eigenvalue weighted by molar-refractivity contribution is 5.46. The molecule has 2 aromatic rings. The number of para-hydroxylation sites is 2. The van der Waals surface area contributed by atoms with Gasteiger partial charge in [0, 0.05) is 24.6 Å². The lowest BCUT2D eigenvalue weighted by atomic mass is 10.0. The van der Waals surface area contributed by atoms with Crippen LogP contribution in [0.2, 0.25) is 0 Å². The summed E-state index contributed by atoms with van der Waals surface area (Å²) >= 11 is 0. The van der Waals surface area contributed by atoms with Crippen molar-refractivity contribution in [3.05, 3.63) is 70.3 Å². The molecule has 2 fully saturated rings. The summed E-state index contributed by atoms with van der Waals surface area (Å²) in [5.74, 6) is 0. The zero-order valence-corrected chi connectivity index (χ0v) is 16.3. The van der Waals surface area contributed by atoms with Crippen molar-refractivity contribution < 1.29 is 14.7 Å². The van der Waals surface area contributed by atoms with E-state index in [0.717, 1.165) is 44.3 Å². The van der Waals surface area contributed by atoms with Gasteiger partial charge in [0.2, 0.25) is 0 Å². The molecular weight excluding hydrogens is 352 g/mol. The molecule has 2 saturated heterocycles. The van der Waals surface area contributed by atoms with E-state index in [2.05, 4.69) is 35.2 Å². The number of hydrogen-bond donors (Lipinski definition) is 2. The van der Waals surface area contributed by atoms with Gasteiger partial charge >= 0.3 is 0 Å². The summed E-state index contributed by atoms with van der Waals surface area (Å²) in [4.78, 5) is 16.7. The van der Waals surface area contributed by atoms with E-state index in [0.29, 0.717) is 0 Å². The number of quaternary nitrogens is 2. The number of hydrogen-bond acceptors (Lipinski definition) is 3. The van der Waals surface area contributed by atoms with Crippen LogP contribution in [-0.2, 0) is 6.54 Å². The van der Waals surface area contributed by atoms with Gasteiger partial charge in [-0.3, -0.25) is 10.1 Å². The zero-order chi connectivity index (χ0) is 19.3. The Bertz CT molecular complexity index is 782. The number of piperidine rings is 1. The standard InChI is InChI=1S/C22H28N4O2/c27-26(28)22-9-5-4-6-19(22)18-23-12-10-21(11-13-23)25-16-14-24(15-17-25)20-7-2-1-3-8-20/h1-9,21H,10-18H2/p+2. The Balaban J connectivity index is 1.27. The van der Waals surface area contributed by atoms with Crippen molar-refractivity contribution in [3.8, 4) is 0 Å². The van der Waals surface area contributed by atoms with Crippen LogP contribution in [0.3, 0.4) is 0 Å². The zero-order valence-electron chi connectivity index (χ0n) is 16.3. The Hall–Kier alpha value is -2.44. The highest BCUT2D eigenvalue weighted by Crippen LogP contribution is 2.17. The largest absolute Gasteiger partial charge is 0.360 e. The number of likely N-dealkylation sites (tertiary alicyclic amines) is 1. The van der Waals surface area contributed by atoms with Gasteiger partial charge in [-0.15, -0.1) is 0 Å². The molecule has 2 aromatic carbocycles. The third kappa shape index (κ3) is 4.34. The normalized spacial score (nSPS) is 23.5. The van der Waals surface area contributed by atoms with Gasteiger partial charge in [0.15, 0.2) is 0 Å². The molecule has 2 N–H and O–H groups in total.